The average Bonchev–Trinajstić information content (AvgIpc) is 4.03. The molecule has 60 heavy (non-hydrogen) atoms. The van der Waals surface area contributed by atoms with E-state index in [1.807, 2.05) is 18.2 Å². The third-order valence-corrected chi connectivity index (χ3v) is 13.6. The van der Waals surface area contributed by atoms with Gasteiger partial charge in [-0.1, -0.05) is 42.5 Å². The van der Waals surface area contributed by atoms with E-state index >= 15 is 0 Å². The SMILES string of the molecule is N[C@@H]1CC[C@@H]2CCc3ccccc3[C@@]21[C@@H]1C=C[C@]2(C(=O)O)[C@H]1c1cc(O)c(O[C@]3(O)O[C@H](CO)[C@@H](O)[C@H](O)[C@H]3O)cc1N2C(=O)/C=C/c1ccc(O)c(Cc2cnc[nH]2)c1. The molecule has 2 aliphatic heterocycles. The second-order valence-electron chi connectivity index (χ2n) is 16.5. The molecular formula is C44H46N4O12. The van der Waals surface area contributed by atoms with Gasteiger partial charge in [-0.3, -0.25) is 9.69 Å². The largest absolute Gasteiger partial charge is 0.508 e. The van der Waals surface area contributed by atoms with Gasteiger partial charge >= 0.3 is 11.9 Å². The monoisotopic (exact) mass is 822 g/mol. The molecule has 0 bridgehead atoms. The summed E-state index contributed by atoms with van der Waals surface area (Å²) in [6.45, 7) is -0.891. The summed E-state index contributed by atoms with van der Waals surface area (Å²) in [5.41, 5.74) is 8.58. The molecule has 0 radical (unpaired) electrons. The van der Waals surface area contributed by atoms with Gasteiger partial charge in [0.2, 0.25) is 0 Å². The number of carboxylic acids is 1. The lowest BCUT2D eigenvalue weighted by molar-refractivity contribution is -0.422. The Morgan fingerprint density at radius 3 is 2.58 bits per heavy atom. The third kappa shape index (κ3) is 5.81. The number of hydrogen-bond donors (Lipinski definition) is 10. The molecule has 16 heteroatoms. The zero-order chi connectivity index (χ0) is 42.3. The zero-order valence-corrected chi connectivity index (χ0v) is 32.2. The number of aliphatic hydroxyl groups excluding tert-OH is 4. The topological polar surface area (TPSA) is 272 Å². The van der Waals surface area contributed by atoms with E-state index in [2.05, 4.69) is 22.1 Å². The summed E-state index contributed by atoms with van der Waals surface area (Å²) in [5, 5.41) is 86.4. The average molecular weight is 823 g/mol. The fourth-order valence-electron chi connectivity index (χ4n) is 10.9. The number of phenolic OH excluding ortho intramolecular Hbond substituents is 2. The number of carbonyl (C=O) groups excluding carboxylic acids is 1. The number of phenols is 2. The maximum atomic E-state index is 14.8. The Hall–Kier alpha value is -5.59. The van der Waals surface area contributed by atoms with Crippen molar-refractivity contribution in [3.63, 3.8) is 0 Å². The van der Waals surface area contributed by atoms with E-state index in [-0.39, 0.29) is 29.0 Å². The molecule has 0 spiro atoms. The van der Waals surface area contributed by atoms with Gasteiger partial charge in [0.05, 0.1) is 18.6 Å². The minimum Gasteiger partial charge on any atom is -0.508 e. The summed E-state index contributed by atoms with van der Waals surface area (Å²) in [6, 6.07) is 14.8. The maximum absolute atomic E-state index is 14.8. The molecular weight excluding hydrogens is 776 g/mol. The first-order valence-corrected chi connectivity index (χ1v) is 19.9. The molecule has 1 amide bonds. The molecule has 3 aliphatic carbocycles. The van der Waals surface area contributed by atoms with Crippen molar-refractivity contribution in [2.75, 3.05) is 11.5 Å². The van der Waals surface area contributed by atoms with Crippen molar-refractivity contribution >= 4 is 23.6 Å². The van der Waals surface area contributed by atoms with E-state index in [9.17, 15) is 50.4 Å². The van der Waals surface area contributed by atoms with Crippen molar-refractivity contribution in [1.29, 1.82) is 0 Å². The molecule has 5 aliphatic rings. The van der Waals surface area contributed by atoms with Gasteiger partial charge < -0.3 is 61.0 Å². The van der Waals surface area contributed by atoms with Gasteiger partial charge in [0, 0.05) is 53.4 Å². The Kier molecular flexibility index (Phi) is 9.66. The highest BCUT2D eigenvalue weighted by Gasteiger charge is 2.69. The highest BCUT2D eigenvalue weighted by Crippen LogP contribution is 2.67. The number of anilines is 1. The number of nitrogens with two attached hydrogens (primary N) is 1. The number of aromatic hydroxyl groups is 2. The Labute approximate surface area is 343 Å². The second-order valence-corrected chi connectivity index (χ2v) is 16.5. The van der Waals surface area contributed by atoms with Crippen molar-refractivity contribution in [2.24, 2.45) is 17.6 Å². The molecule has 9 rings (SSSR count). The van der Waals surface area contributed by atoms with Crippen LogP contribution in [-0.4, -0.2) is 111 Å². The van der Waals surface area contributed by atoms with Crippen LogP contribution in [0.25, 0.3) is 6.08 Å². The van der Waals surface area contributed by atoms with Gasteiger partial charge in [-0.05, 0) is 84.0 Å². The number of rotatable bonds is 9. The predicted molar refractivity (Wildman–Crippen MR) is 213 cm³/mol. The molecule has 1 aromatic heterocycles. The van der Waals surface area contributed by atoms with E-state index in [0.717, 1.165) is 47.0 Å². The normalized spacial score (nSPS) is 34.0. The number of carboxylic acid groups (broad SMARTS) is 1. The lowest BCUT2D eigenvalue weighted by atomic mass is 9.54. The number of fused-ring (bicyclic) bond motifs is 6. The number of aliphatic carboxylic acids is 1. The van der Waals surface area contributed by atoms with Crippen LogP contribution in [0.4, 0.5) is 5.69 Å². The van der Waals surface area contributed by atoms with E-state index < -0.39 is 83.2 Å². The number of nitrogens with zero attached hydrogens (tertiary/aromatic N) is 2. The van der Waals surface area contributed by atoms with Crippen molar-refractivity contribution in [2.45, 2.75) is 85.4 Å². The molecule has 4 aromatic rings. The van der Waals surface area contributed by atoms with Crippen LogP contribution in [0.1, 0.15) is 58.7 Å². The number of imidazole rings is 1. The van der Waals surface area contributed by atoms with Crippen LogP contribution in [0.3, 0.4) is 0 Å². The lowest BCUT2D eigenvalue weighted by Crippen LogP contribution is -2.67. The van der Waals surface area contributed by atoms with E-state index in [4.69, 9.17) is 15.2 Å². The molecule has 3 heterocycles. The molecule has 16 nitrogen and oxygen atoms in total. The van der Waals surface area contributed by atoms with Crippen molar-refractivity contribution in [1.82, 2.24) is 9.97 Å². The fourth-order valence-corrected chi connectivity index (χ4v) is 10.9. The first-order valence-electron chi connectivity index (χ1n) is 19.9. The van der Waals surface area contributed by atoms with Gasteiger partial charge in [-0.25, -0.2) is 9.78 Å². The molecule has 0 unspecified atom stereocenters. The van der Waals surface area contributed by atoms with Gasteiger partial charge in [0.1, 0.15) is 24.1 Å². The van der Waals surface area contributed by atoms with Crippen LogP contribution in [0.15, 0.2) is 85.3 Å². The number of aliphatic hydroxyl groups is 5. The molecule has 314 valence electrons. The minimum absolute atomic E-state index is 0.00152. The number of ether oxygens (including phenoxy) is 2. The Balaban J connectivity index is 1.18. The molecule has 1 saturated carbocycles. The summed E-state index contributed by atoms with van der Waals surface area (Å²) in [4.78, 5) is 37.0. The number of benzene rings is 3. The van der Waals surface area contributed by atoms with Crippen molar-refractivity contribution in [3.05, 3.63) is 119 Å². The number of aryl methyl sites for hydroxylation is 1. The van der Waals surface area contributed by atoms with Crippen LogP contribution in [0.5, 0.6) is 17.2 Å². The molecule has 2 fully saturated rings. The second kappa shape index (κ2) is 14.6. The first-order chi connectivity index (χ1) is 28.7. The summed E-state index contributed by atoms with van der Waals surface area (Å²) in [5.74, 6) is -7.93. The number of amides is 1. The predicted octanol–water partition coefficient (Wildman–Crippen LogP) is 1.68. The number of H-pyrrole nitrogens is 1. The van der Waals surface area contributed by atoms with Crippen molar-refractivity contribution in [3.8, 4) is 17.2 Å². The summed E-state index contributed by atoms with van der Waals surface area (Å²) in [7, 11) is 0. The summed E-state index contributed by atoms with van der Waals surface area (Å²) < 4.78 is 11.0. The van der Waals surface area contributed by atoms with E-state index in [1.165, 1.54) is 36.7 Å². The molecule has 11 atom stereocenters. The van der Waals surface area contributed by atoms with Gasteiger partial charge in [-0.2, -0.15) is 0 Å². The standard InChI is InChI=1S/C44H46N4O12/c45-35-11-9-25-8-7-23-3-1-2-4-28(23)43(25,35)29-13-14-42(41(56)57)37(29)27-17-32(51)33(59-44(58)40(55)39(54)38(53)34(20-49)60-44)18-30(27)48(42)36(52)12-6-22-5-10-31(50)24(15-22)16-26-19-46-21-47-26/h1-6,10,12-15,17-19,21,25,29,34-35,37-40,49-51,53-55,58H,7-9,11,16,20,45H2,(H,46,47)(H,56,57)/b12-6+/t25-,29+,34+,35+,37-,38+,39-,40+,42+,43+,44-/m0/s1. The Bertz CT molecular complexity index is 2400. The number of carbonyl (C=O) groups is 2. The number of aromatic nitrogens is 2. The highest BCUT2D eigenvalue weighted by atomic mass is 16.8. The van der Waals surface area contributed by atoms with Crippen LogP contribution < -0.4 is 15.4 Å². The van der Waals surface area contributed by atoms with Crippen LogP contribution in [-0.2, 0) is 32.6 Å². The maximum Gasteiger partial charge on any atom is 0.355 e. The summed E-state index contributed by atoms with van der Waals surface area (Å²) in [6.07, 6.45) is 4.90. The lowest BCUT2D eigenvalue weighted by Gasteiger charge is -2.50. The number of hydrogen-bond acceptors (Lipinski definition) is 13. The first kappa shape index (κ1) is 39.8. The number of aromatic amines is 1. The van der Waals surface area contributed by atoms with Gasteiger partial charge in [0.25, 0.3) is 5.91 Å². The van der Waals surface area contributed by atoms with E-state index in [0.29, 0.717) is 24.0 Å². The smallest absolute Gasteiger partial charge is 0.355 e. The molecule has 1 saturated heterocycles. The highest BCUT2D eigenvalue weighted by molar-refractivity contribution is 6.13. The minimum atomic E-state index is -3.13. The Morgan fingerprint density at radius 2 is 1.83 bits per heavy atom. The van der Waals surface area contributed by atoms with Crippen LogP contribution in [0.2, 0.25) is 0 Å². The Morgan fingerprint density at radius 1 is 1.03 bits per heavy atom. The number of allylic oxidation sites excluding steroid dienone is 1. The number of nitrogens with one attached hydrogen (secondary N) is 1. The van der Waals surface area contributed by atoms with Crippen molar-refractivity contribution < 1.29 is 59.9 Å². The van der Waals surface area contributed by atoms with Crippen LogP contribution in [0, 0.1) is 11.8 Å². The summed E-state index contributed by atoms with van der Waals surface area (Å²) >= 11 is 0. The molecule has 11 N–H and O–H groups in total. The van der Waals surface area contributed by atoms with Gasteiger partial charge in [0.15, 0.2) is 23.1 Å². The zero-order valence-electron chi connectivity index (χ0n) is 32.2. The van der Waals surface area contributed by atoms with E-state index in [1.54, 1.807) is 18.3 Å². The fraction of sp³-hybridized carbons (Fsp3) is 0.386. The third-order valence-electron chi connectivity index (χ3n) is 13.6. The quantitative estimate of drug-likeness (QED) is 0.0654. The van der Waals surface area contributed by atoms with Gasteiger partial charge in [-0.15, -0.1) is 0 Å². The molecule has 3 aromatic carbocycles. The van der Waals surface area contributed by atoms with Crippen LogP contribution >= 0.6 is 0 Å².